The molecule has 0 fully saturated rings. The van der Waals surface area contributed by atoms with Crippen molar-refractivity contribution in [1.29, 1.82) is 0 Å². The maximum atomic E-state index is 12.2. The van der Waals surface area contributed by atoms with E-state index in [1.54, 1.807) is 0 Å². The molecule has 2 rings (SSSR count). The van der Waals surface area contributed by atoms with Gasteiger partial charge in [0.25, 0.3) is 0 Å². The topological polar surface area (TPSA) is 20.3 Å². The third-order valence-corrected chi connectivity index (χ3v) is 4.66. The Morgan fingerprint density at radius 3 is 2.83 bits per heavy atom. The Labute approximate surface area is 130 Å². The smallest absolute Gasteiger partial charge is 0.240 e. The van der Waals surface area contributed by atoms with Gasteiger partial charge in [0.2, 0.25) is 5.91 Å². The molecule has 18 heavy (non-hydrogen) atoms. The second-order valence-electron chi connectivity index (χ2n) is 4.33. The van der Waals surface area contributed by atoms with E-state index in [1.807, 2.05) is 17.9 Å². The summed E-state index contributed by atoms with van der Waals surface area (Å²) in [6.07, 6.45) is 3.00. The summed E-state index contributed by atoms with van der Waals surface area (Å²) in [5, 5.41) is 0. The predicted octanol–water partition coefficient (Wildman–Crippen LogP) is 4.15. The van der Waals surface area contributed by atoms with Crippen LogP contribution in [0.15, 0.2) is 28.7 Å². The largest absolute Gasteiger partial charge is 0.311 e. The molecule has 0 spiro atoms. The zero-order valence-electron chi connectivity index (χ0n) is 10.4. The van der Waals surface area contributed by atoms with Crippen molar-refractivity contribution in [2.75, 3.05) is 6.54 Å². The monoisotopic (exact) mass is 419 g/mol. The molecule has 1 amide bonds. The van der Waals surface area contributed by atoms with E-state index in [0.717, 1.165) is 28.7 Å². The molecule has 1 atom stereocenters. The molecule has 1 aliphatic rings. The number of carbonyl (C=O) groups excluding carboxylic acids is 1. The van der Waals surface area contributed by atoms with Crippen LogP contribution in [0, 0.1) is 6.92 Å². The first-order valence-electron chi connectivity index (χ1n) is 5.96. The van der Waals surface area contributed by atoms with Crippen LogP contribution in [0.5, 0.6) is 0 Å². The van der Waals surface area contributed by atoms with Crippen molar-refractivity contribution in [2.24, 2.45) is 0 Å². The molecule has 96 valence electrons. The fourth-order valence-corrected chi connectivity index (χ4v) is 3.28. The Balaban J connectivity index is 2.45. The summed E-state index contributed by atoms with van der Waals surface area (Å²) in [7, 11) is 0. The lowest BCUT2D eigenvalue weighted by atomic mass is 10.0. The van der Waals surface area contributed by atoms with Crippen molar-refractivity contribution in [3.05, 3.63) is 39.9 Å². The molecule has 0 radical (unpaired) electrons. The maximum Gasteiger partial charge on any atom is 0.240 e. The van der Waals surface area contributed by atoms with Gasteiger partial charge in [0.1, 0.15) is 0 Å². The molecule has 0 saturated carbocycles. The van der Waals surface area contributed by atoms with Crippen LogP contribution >= 0.6 is 38.5 Å². The van der Waals surface area contributed by atoms with E-state index in [1.165, 1.54) is 5.56 Å². The van der Waals surface area contributed by atoms with Crippen molar-refractivity contribution in [3.63, 3.8) is 0 Å². The highest BCUT2D eigenvalue weighted by atomic mass is 127. The average molecular weight is 420 g/mol. The molecular formula is C14H15BrINO. The predicted molar refractivity (Wildman–Crippen MR) is 86.7 cm³/mol. The molecule has 1 aliphatic heterocycles. The lowest BCUT2D eigenvalue weighted by Crippen LogP contribution is -2.38. The number of allylic oxidation sites excluding steroid dienone is 1. The van der Waals surface area contributed by atoms with E-state index in [0.29, 0.717) is 0 Å². The Morgan fingerprint density at radius 1 is 1.50 bits per heavy atom. The quantitative estimate of drug-likeness (QED) is 0.520. The molecule has 1 aromatic carbocycles. The van der Waals surface area contributed by atoms with Crippen LogP contribution in [0.1, 0.15) is 24.5 Å². The van der Waals surface area contributed by atoms with Crippen LogP contribution in [0.3, 0.4) is 0 Å². The Kier molecular flexibility index (Phi) is 4.48. The molecule has 0 aliphatic carbocycles. The van der Waals surface area contributed by atoms with E-state index in [4.69, 9.17) is 0 Å². The van der Waals surface area contributed by atoms with Gasteiger partial charge >= 0.3 is 0 Å². The Morgan fingerprint density at radius 2 is 2.22 bits per heavy atom. The summed E-state index contributed by atoms with van der Waals surface area (Å²) in [5.74, 6) is 0.220. The first kappa shape index (κ1) is 14.1. The van der Waals surface area contributed by atoms with Crippen molar-refractivity contribution in [2.45, 2.75) is 24.2 Å². The van der Waals surface area contributed by atoms with Crippen molar-refractivity contribution in [3.8, 4) is 0 Å². The van der Waals surface area contributed by atoms with Crippen LogP contribution in [0.2, 0.25) is 0 Å². The SMILES string of the molecule is CCN1C(=O)C(I)CC=C1c1ccc(Br)cc1C. The molecule has 1 unspecified atom stereocenters. The van der Waals surface area contributed by atoms with Crippen LogP contribution in [0.4, 0.5) is 0 Å². The number of aryl methyl sites for hydroxylation is 1. The van der Waals surface area contributed by atoms with Gasteiger partial charge in [0, 0.05) is 22.3 Å². The van der Waals surface area contributed by atoms with E-state index in [2.05, 4.69) is 63.7 Å². The maximum absolute atomic E-state index is 12.2. The van der Waals surface area contributed by atoms with Crippen LogP contribution in [-0.2, 0) is 4.79 Å². The molecule has 0 saturated heterocycles. The van der Waals surface area contributed by atoms with Gasteiger partial charge in [-0.3, -0.25) is 4.79 Å². The Bertz CT molecular complexity index is 513. The third-order valence-electron chi connectivity index (χ3n) is 3.12. The number of rotatable bonds is 2. The zero-order valence-corrected chi connectivity index (χ0v) is 14.2. The minimum absolute atomic E-state index is 0.0713. The number of benzene rings is 1. The van der Waals surface area contributed by atoms with Gasteiger partial charge in [-0.25, -0.2) is 0 Å². The summed E-state index contributed by atoms with van der Waals surface area (Å²) in [6, 6.07) is 6.19. The third kappa shape index (κ3) is 2.64. The van der Waals surface area contributed by atoms with Gasteiger partial charge in [0.05, 0.1) is 3.92 Å². The van der Waals surface area contributed by atoms with Gasteiger partial charge in [-0.2, -0.15) is 0 Å². The minimum atomic E-state index is 0.0713. The summed E-state index contributed by atoms with van der Waals surface area (Å²) in [6.45, 7) is 4.82. The van der Waals surface area contributed by atoms with Gasteiger partial charge in [-0.05, 0) is 38.0 Å². The van der Waals surface area contributed by atoms with E-state index < -0.39 is 0 Å². The molecule has 0 N–H and O–H groups in total. The zero-order chi connectivity index (χ0) is 13.3. The van der Waals surface area contributed by atoms with Crippen molar-refractivity contribution >= 4 is 50.1 Å². The van der Waals surface area contributed by atoms with Crippen LogP contribution in [0.25, 0.3) is 5.70 Å². The summed E-state index contributed by atoms with van der Waals surface area (Å²) in [4.78, 5) is 14.1. The number of amides is 1. The number of hydrogen-bond donors (Lipinski definition) is 0. The fourth-order valence-electron chi connectivity index (χ4n) is 2.21. The molecule has 0 aromatic heterocycles. The van der Waals surface area contributed by atoms with E-state index in [9.17, 15) is 4.79 Å². The molecular weight excluding hydrogens is 405 g/mol. The van der Waals surface area contributed by atoms with E-state index >= 15 is 0 Å². The first-order chi connectivity index (χ1) is 8.54. The molecule has 1 heterocycles. The van der Waals surface area contributed by atoms with Crippen molar-refractivity contribution in [1.82, 2.24) is 4.90 Å². The lowest BCUT2D eigenvalue weighted by Gasteiger charge is -2.31. The highest BCUT2D eigenvalue weighted by Crippen LogP contribution is 2.31. The van der Waals surface area contributed by atoms with Crippen LogP contribution < -0.4 is 0 Å². The number of halogens is 2. The number of alkyl halides is 1. The van der Waals surface area contributed by atoms with Gasteiger partial charge in [-0.15, -0.1) is 0 Å². The molecule has 2 nitrogen and oxygen atoms in total. The van der Waals surface area contributed by atoms with Crippen LogP contribution in [-0.4, -0.2) is 21.3 Å². The lowest BCUT2D eigenvalue weighted by molar-refractivity contribution is -0.127. The van der Waals surface area contributed by atoms with E-state index in [-0.39, 0.29) is 9.83 Å². The van der Waals surface area contributed by atoms with Crippen molar-refractivity contribution < 1.29 is 4.79 Å². The molecule has 4 heteroatoms. The second-order valence-corrected chi connectivity index (χ2v) is 6.75. The highest BCUT2D eigenvalue weighted by Gasteiger charge is 2.28. The molecule has 0 bridgehead atoms. The first-order valence-corrected chi connectivity index (χ1v) is 8.00. The normalized spacial score (nSPS) is 20.0. The fraction of sp³-hybridized carbons (Fsp3) is 0.357. The Hall–Kier alpha value is -0.360. The molecule has 1 aromatic rings. The minimum Gasteiger partial charge on any atom is -0.311 e. The summed E-state index contributed by atoms with van der Waals surface area (Å²) >= 11 is 5.69. The second kappa shape index (κ2) is 5.74. The number of hydrogen-bond acceptors (Lipinski definition) is 1. The summed E-state index contributed by atoms with van der Waals surface area (Å²) in [5.41, 5.74) is 3.39. The summed E-state index contributed by atoms with van der Waals surface area (Å²) < 4.78 is 1.14. The highest BCUT2D eigenvalue weighted by molar-refractivity contribution is 14.1. The van der Waals surface area contributed by atoms with Gasteiger partial charge < -0.3 is 4.90 Å². The van der Waals surface area contributed by atoms with Gasteiger partial charge in [0.15, 0.2) is 0 Å². The average Bonchev–Trinajstić information content (AvgIpc) is 2.33. The number of nitrogens with zero attached hydrogens (tertiary/aromatic N) is 1. The van der Waals surface area contributed by atoms with Gasteiger partial charge in [-0.1, -0.05) is 50.7 Å². The number of carbonyl (C=O) groups is 1. The standard InChI is InChI=1S/C14H15BrINO/c1-3-17-13(7-6-12(16)14(17)18)11-5-4-10(15)8-9(11)2/h4-5,7-8,12H,3,6H2,1-2H3.